The monoisotopic (exact) mass is 440 g/mol. The summed E-state index contributed by atoms with van der Waals surface area (Å²) in [5.74, 6) is 2.13. The van der Waals surface area contributed by atoms with E-state index in [4.69, 9.17) is 30.5 Å². The Balaban J connectivity index is 1.40. The van der Waals surface area contributed by atoms with Gasteiger partial charge in [0, 0.05) is 32.7 Å². The topological polar surface area (TPSA) is 54.0 Å². The molecule has 2 aliphatic rings. The second-order valence-corrected chi connectivity index (χ2v) is 8.39. The molecule has 5 nitrogen and oxygen atoms in total. The molecule has 0 amide bonds. The zero-order valence-electron chi connectivity index (χ0n) is 16.1. The fourth-order valence-electron chi connectivity index (χ4n) is 3.55. The standard InChI is InChI=1S/C23H17ClO5S/c1-13-19(27-11-15-8-16(24)7-14-10-26-12-28-23(14)15)5-4-18-21(25)20(29-22(13)18)9-17-3-2-6-30-17/h2-9H,10-12H2,1H3/b20-9-. The van der Waals surface area contributed by atoms with Crippen molar-refractivity contribution in [1.82, 2.24) is 0 Å². The van der Waals surface area contributed by atoms with Crippen LogP contribution in [0.15, 0.2) is 47.5 Å². The Labute approximate surface area is 182 Å². The predicted octanol–water partition coefficient (Wildman–Crippen LogP) is 5.77. The van der Waals surface area contributed by atoms with E-state index in [2.05, 4.69) is 0 Å². The number of benzene rings is 2. The number of allylic oxidation sites excluding steroid dienone is 1. The zero-order chi connectivity index (χ0) is 20.7. The molecule has 0 fully saturated rings. The van der Waals surface area contributed by atoms with E-state index in [1.807, 2.05) is 36.6 Å². The number of hydrogen-bond acceptors (Lipinski definition) is 6. The van der Waals surface area contributed by atoms with Crippen molar-refractivity contribution in [3.8, 4) is 17.2 Å². The first-order valence-corrected chi connectivity index (χ1v) is 10.6. The van der Waals surface area contributed by atoms with Gasteiger partial charge in [0.1, 0.15) is 23.9 Å². The minimum Gasteiger partial charge on any atom is -0.488 e. The molecule has 1 aromatic heterocycles. The molecule has 0 radical (unpaired) electrons. The van der Waals surface area contributed by atoms with E-state index in [1.165, 1.54) is 0 Å². The lowest BCUT2D eigenvalue weighted by Gasteiger charge is -2.21. The Morgan fingerprint density at radius 2 is 2.13 bits per heavy atom. The number of ketones is 1. The lowest BCUT2D eigenvalue weighted by atomic mass is 10.1. The van der Waals surface area contributed by atoms with Gasteiger partial charge >= 0.3 is 0 Å². The molecule has 30 heavy (non-hydrogen) atoms. The summed E-state index contributed by atoms with van der Waals surface area (Å²) < 4.78 is 22.9. The summed E-state index contributed by atoms with van der Waals surface area (Å²) in [4.78, 5) is 13.7. The van der Waals surface area contributed by atoms with Crippen molar-refractivity contribution in [2.24, 2.45) is 0 Å². The van der Waals surface area contributed by atoms with Crippen LogP contribution in [-0.2, 0) is 18.0 Å². The summed E-state index contributed by atoms with van der Waals surface area (Å²) in [6.45, 7) is 2.81. The largest absolute Gasteiger partial charge is 0.488 e. The maximum atomic E-state index is 12.7. The molecule has 3 aromatic rings. The Bertz CT molecular complexity index is 1170. The average molecular weight is 441 g/mol. The van der Waals surface area contributed by atoms with Gasteiger partial charge in [-0.05, 0) is 42.6 Å². The van der Waals surface area contributed by atoms with Gasteiger partial charge in [0.2, 0.25) is 5.78 Å². The molecular weight excluding hydrogens is 424 g/mol. The number of thiophene rings is 1. The SMILES string of the molecule is Cc1c(OCc2cc(Cl)cc3c2OCOC3)ccc2c1O/C(=C\c1cccs1)C2=O. The van der Waals surface area contributed by atoms with Gasteiger partial charge in [0.15, 0.2) is 12.6 Å². The molecule has 2 aliphatic heterocycles. The number of halogens is 1. The van der Waals surface area contributed by atoms with E-state index in [0.29, 0.717) is 34.5 Å². The first-order valence-electron chi connectivity index (χ1n) is 9.36. The third kappa shape index (κ3) is 3.47. The number of ether oxygens (including phenoxy) is 4. The van der Waals surface area contributed by atoms with Gasteiger partial charge in [-0.1, -0.05) is 17.7 Å². The van der Waals surface area contributed by atoms with Gasteiger partial charge in [-0.15, -0.1) is 11.3 Å². The van der Waals surface area contributed by atoms with Crippen molar-refractivity contribution in [3.63, 3.8) is 0 Å². The summed E-state index contributed by atoms with van der Waals surface area (Å²) in [6, 6.07) is 11.1. The molecule has 0 spiro atoms. The normalized spacial score (nSPS) is 16.1. The molecule has 0 aliphatic carbocycles. The Hall–Kier alpha value is -2.80. The summed E-state index contributed by atoms with van der Waals surface area (Å²) in [5, 5.41) is 2.56. The first-order chi connectivity index (χ1) is 14.6. The van der Waals surface area contributed by atoms with E-state index in [1.54, 1.807) is 29.5 Å². The Morgan fingerprint density at radius 1 is 1.23 bits per heavy atom. The molecule has 0 saturated carbocycles. The average Bonchev–Trinajstić information content (AvgIpc) is 3.36. The third-order valence-corrected chi connectivity index (χ3v) is 6.03. The lowest BCUT2D eigenvalue weighted by Crippen LogP contribution is -2.14. The van der Waals surface area contributed by atoms with Crippen LogP contribution in [0.5, 0.6) is 17.2 Å². The molecule has 0 atom stereocenters. The van der Waals surface area contributed by atoms with Crippen LogP contribution < -0.4 is 14.2 Å². The van der Waals surface area contributed by atoms with Gasteiger partial charge in [-0.2, -0.15) is 0 Å². The molecule has 0 N–H and O–H groups in total. The Morgan fingerprint density at radius 3 is 2.97 bits per heavy atom. The minimum absolute atomic E-state index is 0.120. The molecule has 0 bridgehead atoms. The number of carbonyl (C=O) groups excluding carboxylic acids is 1. The fourth-order valence-corrected chi connectivity index (χ4v) is 4.46. The van der Waals surface area contributed by atoms with E-state index in [9.17, 15) is 4.79 Å². The molecule has 0 unspecified atom stereocenters. The van der Waals surface area contributed by atoms with E-state index >= 15 is 0 Å². The van der Waals surface area contributed by atoms with Crippen molar-refractivity contribution in [2.75, 3.05) is 6.79 Å². The van der Waals surface area contributed by atoms with Crippen LogP contribution in [0.25, 0.3) is 6.08 Å². The minimum atomic E-state index is -0.120. The predicted molar refractivity (Wildman–Crippen MR) is 115 cm³/mol. The number of hydrogen-bond donors (Lipinski definition) is 0. The van der Waals surface area contributed by atoms with Crippen LogP contribution in [0.4, 0.5) is 0 Å². The van der Waals surface area contributed by atoms with Crippen molar-refractivity contribution >= 4 is 34.8 Å². The highest BCUT2D eigenvalue weighted by molar-refractivity contribution is 7.10. The molecule has 3 heterocycles. The van der Waals surface area contributed by atoms with E-state index in [-0.39, 0.29) is 19.2 Å². The van der Waals surface area contributed by atoms with E-state index < -0.39 is 0 Å². The molecule has 2 aromatic carbocycles. The second-order valence-electron chi connectivity index (χ2n) is 6.97. The molecular formula is C23H17ClO5S. The molecule has 0 saturated heterocycles. The van der Waals surface area contributed by atoms with Crippen LogP contribution in [0.1, 0.15) is 31.9 Å². The summed E-state index contributed by atoms with van der Waals surface area (Å²) in [6.07, 6.45) is 1.77. The highest BCUT2D eigenvalue weighted by Gasteiger charge is 2.30. The van der Waals surface area contributed by atoms with Crippen molar-refractivity contribution in [3.05, 3.63) is 79.7 Å². The summed E-state index contributed by atoms with van der Waals surface area (Å²) in [5.41, 5.74) is 3.06. The molecule has 7 heteroatoms. The summed E-state index contributed by atoms with van der Waals surface area (Å²) >= 11 is 7.78. The van der Waals surface area contributed by atoms with Gasteiger partial charge in [0.25, 0.3) is 0 Å². The summed E-state index contributed by atoms with van der Waals surface area (Å²) in [7, 11) is 0. The number of rotatable bonds is 4. The Kier molecular flexibility index (Phi) is 4.98. The molecule has 5 rings (SSSR count). The van der Waals surface area contributed by atoms with Crippen LogP contribution >= 0.6 is 22.9 Å². The maximum Gasteiger partial charge on any atom is 0.232 e. The third-order valence-electron chi connectivity index (χ3n) is 4.99. The van der Waals surface area contributed by atoms with Crippen LogP contribution in [-0.4, -0.2) is 12.6 Å². The van der Waals surface area contributed by atoms with Crippen molar-refractivity contribution in [1.29, 1.82) is 0 Å². The van der Waals surface area contributed by atoms with Gasteiger partial charge in [0.05, 0.1) is 12.2 Å². The van der Waals surface area contributed by atoms with E-state index in [0.717, 1.165) is 27.3 Å². The smallest absolute Gasteiger partial charge is 0.232 e. The number of Topliss-reactive ketones (excluding diaryl/α,β-unsaturated/α-hetero) is 1. The zero-order valence-corrected chi connectivity index (χ0v) is 17.6. The quantitative estimate of drug-likeness (QED) is 0.482. The lowest BCUT2D eigenvalue weighted by molar-refractivity contribution is -0.0175. The van der Waals surface area contributed by atoms with Crippen LogP contribution in [0.3, 0.4) is 0 Å². The highest BCUT2D eigenvalue weighted by atomic mass is 35.5. The van der Waals surface area contributed by atoms with Crippen LogP contribution in [0, 0.1) is 6.92 Å². The fraction of sp³-hybridized carbons (Fsp3) is 0.174. The van der Waals surface area contributed by atoms with Gasteiger partial charge in [-0.3, -0.25) is 4.79 Å². The highest BCUT2D eigenvalue weighted by Crippen LogP contribution is 2.40. The van der Waals surface area contributed by atoms with Crippen LogP contribution in [0.2, 0.25) is 5.02 Å². The van der Waals surface area contributed by atoms with Crippen molar-refractivity contribution < 1.29 is 23.7 Å². The first kappa shape index (κ1) is 19.2. The number of carbonyl (C=O) groups is 1. The second kappa shape index (κ2) is 7.80. The maximum absolute atomic E-state index is 12.7. The van der Waals surface area contributed by atoms with Gasteiger partial charge in [-0.25, -0.2) is 0 Å². The van der Waals surface area contributed by atoms with Gasteiger partial charge < -0.3 is 18.9 Å². The molecule has 152 valence electrons. The number of fused-ring (bicyclic) bond motifs is 2. The van der Waals surface area contributed by atoms with Crippen molar-refractivity contribution in [2.45, 2.75) is 20.1 Å².